The van der Waals surface area contributed by atoms with Gasteiger partial charge in [-0.15, -0.1) is 0 Å². The highest BCUT2D eigenvalue weighted by atomic mass is 16.6. The van der Waals surface area contributed by atoms with E-state index in [0.717, 1.165) is 0 Å². The lowest BCUT2D eigenvalue weighted by atomic mass is 9.75. The van der Waals surface area contributed by atoms with Crippen LogP contribution in [0.2, 0.25) is 0 Å². The van der Waals surface area contributed by atoms with Crippen molar-refractivity contribution in [1.29, 1.82) is 0 Å². The van der Waals surface area contributed by atoms with E-state index in [9.17, 15) is 14.4 Å². The van der Waals surface area contributed by atoms with Gasteiger partial charge < -0.3 is 4.74 Å². The van der Waals surface area contributed by atoms with Gasteiger partial charge in [0.2, 0.25) is 28.6 Å². The Bertz CT molecular complexity index is 1320. The number of benzene rings is 3. The number of aromatic nitrogens is 1. The predicted octanol–water partition coefficient (Wildman–Crippen LogP) is 4.54. The third-order valence-corrected chi connectivity index (χ3v) is 5.88. The fourth-order valence-electron chi connectivity index (χ4n) is 4.28. The number of carbonyl (C=O) groups is 3. The molecule has 4 aromatic rings. The molecule has 2 heterocycles. The summed E-state index contributed by atoms with van der Waals surface area (Å²) in [6.07, 6.45) is 1.54. The molecule has 5 heteroatoms. The van der Waals surface area contributed by atoms with Gasteiger partial charge in [0.05, 0.1) is 5.69 Å². The Hall–Kier alpha value is -4.22. The Morgan fingerprint density at radius 3 is 1.73 bits per heavy atom. The number of hydrogen-bond donors (Lipinski definition) is 0. The van der Waals surface area contributed by atoms with E-state index in [1.807, 2.05) is 0 Å². The van der Waals surface area contributed by atoms with E-state index in [0.29, 0.717) is 11.1 Å². The van der Waals surface area contributed by atoms with Crippen molar-refractivity contribution in [3.63, 3.8) is 0 Å². The molecule has 1 fully saturated rings. The van der Waals surface area contributed by atoms with E-state index in [4.69, 9.17) is 4.74 Å². The molecular weight excluding hydrogens is 414 g/mol. The number of hydrogen-bond acceptors (Lipinski definition) is 5. The minimum absolute atomic E-state index is 0.232. The largest absolute Gasteiger partial charge is 0.333 e. The lowest BCUT2D eigenvalue weighted by Crippen LogP contribution is -2.40. The van der Waals surface area contributed by atoms with Gasteiger partial charge in [0.1, 0.15) is 0 Å². The summed E-state index contributed by atoms with van der Waals surface area (Å²) in [4.78, 5) is 45.6. The van der Waals surface area contributed by atoms with Crippen LogP contribution in [0, 0.1) is 0 Å². The van der Waals surface area contributed by atoms with E-state index in [1.54, 1.807) is 109 Å². The van der Waals surface area contributed by atoms with E-state index in [-0.39, 0.29) is 11.3 Å². The maximum atomic E-state index is 14.0. The zero-order chi connectivity index (χ0) is 22.9. The molecule has 33 heavy (non-hydrogen) atoms. The summed E-state index contributed by atoms with van der Waals surface area (Å²) in [7, 11) is 0. The predicted molar refractivity (Wildman–Crippen MR) is 122 cm³/mol. The van der Waals surface area contributed by atoms with Crippen LogP contribution in [-0.4, -0.2) is 22.3 Å². The van der Waals surface area contributed by atoms with E-state index in [1.165, 1.54) is 6.20 Å². The summed E-state index contributed by atoms with van der Waals surface area (Å²) >= 11 is 0. The van der Waals surface area contributed by atoms with Crippen LogP contribution in [0.5, 0.6) is 0 Å². The standard InChI is InChI=1S/C28H19NO4/c30-24(20-12-4-1-5-13-20)26(32)27(22-16-8-3-9-17-22)28(33-27,23-18-10-11-19-29-23)25(31)21-14-6-2-7-15-21/h1-19H/t27-,28-/m0/s1. The van der Waals surface area contributed by atoms with Crippen LogP contribution in [0.3, 0.4) is 0 Å². The summed E-state index contributed by atoms with van der Waals surface area (Å²) in [5, 5.41) is 0. The first kappa shape index (κ1) is 20.7. The molecule has 1 aromatic heterocycles. The van der Waals surface area contributed by atoms with Crippen LogP contribution < -0.4 is 0 Å². The number of ether oxygens (including phenoxy) is 1. The lowest BCUT2D eigenvalue weighted by Gasteiger charge is -2.19. The zero-order valence-electron chi connectivity index (χ0n) is 17.5. The third-order valence-electron chi connectivity index (χ3n) is 5.88. The molecule has 0 bridgehead atoms. The highest BCUT2D eigenvalue weighted by molar-refractivity contribution is 6.48. The fourth-order valence-corrected chi connectivity index (χ4v) is 4.28. The van der Waals surface area contributed by atoms with Gasteiger partial charge in [-0.05, 0) is 17.7 Å². The Morgan fingerprint density at radius 1 is 0.606 bits per heavy atom. The van der Waals surface area contributed by atoms with Crippen LogP contribution >= 0.6 is 0 Å². The Kier molecular flexibility index (Phi) is 5.04. The molecule has 1 saturated heterocycles. The van der Waals surface area contributed by atoms with Gasteiger partial charge in [0.15, 0.2) is 0 Å². The molecule has 1 aliphatic rings. The molecule has 160 valence electrons. The van der Waals surface area contributed by atoms with Crippen molar-refractivity contribution in [2.24, 2.45) is 0 Å². The summed E-state index contributed by atoms with van der Waals surface area (Å²) in [5.74, 6) is -1.96. The quantitative estimate of drug-likeness (QED) is 0.243. The normalized spacial score (nSPS) is 21.2. The average Bonchev–Trinajstić information content (AvgIpc) is 3.62. The maximum absolute atomic E-state index is 14.0. The van der Waals surface area contributed by atoms with Gasteiger partial charge in [0, 0.05) is 17.3 Å². The number of ketones is 3. The number of carbonyl (C=O) groups excluding carboxylic acids is 3. The second kappa shape index (κ2) is 8.04. The number of Topliss-reactive ketones (excluding diaryl/α,β-unsaturated/α-hetero) is 3. The number of pyridine rings is 1. The minimum Gasteiger partial charge on any atom is -0.333 e. The first-order valence-corrected chi connectivity index (χ1v) is 10.5. The van der Waals surface area contributed by atoms with Crippen molar-refractivity contribution in [1.82, 2.24) is 4.98 Å². The highest BCUT2D eigenvalue weighted by Crippen LogP contribution is 2.64. The van der Waals surface area contributed by atoms with Crippen molar-refractivity contribution in [2.45, 2.75) is 11.2 Å². The van der Waals surface area contributed by atoms with Crippen molar-refractivity contribution in [2.75, 3.05) is 0 Å². The molecule has 0 amide bonds. The van der Waals surface area contributed by atoms with Crippen LogP contribution in [0.4, 0.5) is 0 Å². The monoisotopic (exact) mass is 433 g/mol. The zero-order valence-corrected chi connectivity index (χ0v) is 17.5. The molecule has 0 saturated carbocycles. The van der Waals surface area contributed by atoms with Crippen molar-refractivity contribution < 1.29 is 19.1 Å². The molecule has 3 aromatic carbocycles. The summed E-state index contributed by atoms with van der Waals surface area (Å²) < 4.78 is 6.20. The van der Waals surface area contributed by atoms with Crippen molar-refractivity contribution in [3.8, 4) is 0 Å². The molecule has 2 atom stereocenters. The molecule has 5 rings (SSSR count). The highest BCUT2D eigenvalue weighted by Gasteiger charge is 2.81. The fraction of sp³-hybridized carbons (Fsp3) is 0.0714. The van der Waals surface area contributed by atoms with Gasteiger partial charge >= 0.3 is 0 Å². The maximum Gasteiger partial charge on any atom is 0.243 e. The topological polar surface area (TPSA) is 76.6 Å². The average molecular weight is 433 g/mol. The molecule has 5 nitrogen and oxygen atoms in total. The number of epoxide rings is 1. The molecular formula is C28H19NO4. The smallest absolute Gasteiger partial charge is 0.243 e. The first-order chi connectivity index (χ1) is 16.1. The van der Waals surface area contributed by atoms with Gasteiger partial charge in [0.25, 0.3) is 0 Å². The van der Waals surface area contributed by atoms with Crippen LogP contribution in [0.25, 0.3) is 0 Å². The second-order valence-electron chi connectivity index (χ2n) is 7.76. The van der Waals surface area contributed by atoms with Gasteiger partial charge in [-0.3, -0.25) is 19.4 Å². The van der Waals surface area contributed by atoms with Crippen LogP contribution in [-0.2, 0) is 20.7 Å². The number of nitrogens with zero attached hydrogens (tertiary/aromatic N) is 1. The molecule has 0 radical (unpaired) electrons. The molecule has 1 aliphatic heterocycles. The van der Waals surface area contributed by atoms with E-state index < -0.39 is 28.6 Å². The Morgan fingerprint density at radius 2 is 1.15 bits per heavy atom. The lowest BCUT2D eigenvalue weighted by molar-refractivity contribution is -0.120. The first-order valence-electron chi connectivity index (χ1n) is 10.5. The van der Waals surface area contributed by atoms with Crippen LogP contribution in [0.1, 0.15) is 32.0 Å². The van der Waals surface area contributed by atoms with E-state index in [2.05, 4.69) is 4.98 Å². The van der Waals surface area contributed by atoms with E-state index >= 15 is 0 Å². The summed E-state index contributed by atoms with van der Waals surface area (Å²) in [5.41, 5.74) is -2.30. The van der Waals surface area contributed by atoms with Gasteiger partial charge in [-0.25, -0.2) is 0 Å². The van der Waals surface area contributed by atoms with Crippen LogP contribution in [0.15, 0.2) is 115 Å². The molecule has 0 spiro atoms. The number of rotatable bonds is 7. The van der Waals surface area contributed by atoms with Crippen molar-refractivity contribution >= 4 is 17.3 Å². The summed E-state index contributed by atoms with van der Waals surface area (Å²) in [6.45, 7) is 0. The van der Waals surface area contributed by atoms with Gasteiger partial charge in [-0.2, -0.15) is 0 Å². The molecule has 0 unspecified atom stereocenters. The molecule has 0 aliphatic carbocycles. The Balaban J connectivity index is 1.73. The minimum atomic E-state index is -1.83. The molecule has 0 N–H and O–H groups in total. The van der Waals surface area contributed by atoms with Crippen molar-refractivity contribution in [3.05, 3.63) is 138 Å². The third kappa shape index (κ3) is 3.13. The second-order valence-corrected chi connectivity index (χ2v) is 7.76. The summed E-state index contributed by atoms with van der Waals surface area (Å²) in [6, 6.07) is 30.6. The van der Waals surface area contributed by atoms with Gasteiger partial charge in [-0.1, -0.05) is 97.1 Å². The Labute approximate surface area is 190 Å². The SMILES string of the molecule is O=C(C(=O)[C@]1(c2ccccc2)O[C@]1(C(=O)c1ccccc1)c1ccccn1)c1ccccc1.